The van der Waals surface area contributed by atoms with E-state index in [1.807, 2.05) is 6.07 Å². The van der Waals surface area contributed by atoms with E-state index < -0.39 is 0 Å². The Morgan fingerprint density at radius 2 is 2.05 bits per heavy atom. The Labute approximate surface area is 118 Å². The zero-order valence-corrected chi connectivity index (χ0v) is 12.2. The Hall–Kier alpha value is -2.30. The lowest BCUT2D eigenvalue weighted by atomic mass is 9.92. The summed E-state index contributed by atoms with van der Waals surface area (Å²) in [5, 5.41) is 9.80. The number of aromatic amines is 1. The molecule has 2 N–H and O–H groups in total. The number of methoxy groups -OCH3 is 1. The van der Waals surface area contributed by atoms with Crippen LogP contribution in [-0.2, 0) is 5.41 Å². The Morgan fingerprint density at radius 3 is 2.65 bits per heavy atom. The molecule has 0 bridgehead atoms. The summed E-state index contributed by atoms with van der Waals surface area (Å²) in [5.74, 6) is 0.952. The second-order valence-electron chi connectivity index (χ2n) is 5.60. The van der Waals surface area contributed by atoms with Crippen molar-refractivity contribution in [1.29, 1.82) is 0 Å². The molecule has 106 valence electrons. The van der Waals surface area contributed by atoms with Crippen LogP contribution in [0, 0.1) is 0 Å². The second-order valence-corrected chi connectivity index (χ2v) is 5.60. The highest BCUT2D eigenvalue weighted by Crippen LogP contribution is 2.22. The van der Waals surface area contributed by atoms with Crippen LogP contribution in [0.2, 0.25) is 0 Å². The number of carbonyl (C=O) groups is 1. The highest BCUT2D eigenvalue weighted by atomic mass is 16.5. The molecule has 20 heavy (non-hydrogen) atoms. The molecule has 0 aliphatic heterocycles. The molecule has 5 heteroatoms. The summed E-state index contributed by atoms with van der Waals surface area (Å²) in [6.45, 7) is 6.23. The first-order valence-corrected chi connectivity index (χ1v) is 6.41. The Morgan fingerprint density at radius 1 is 1.30 bits per heavy atom. The van der Waals surface area contributed by atoms with Crippen molar-refractivity contribution in [3.63, 3.8) is 0 Å². The van der Waals surface area contributed by atoms with Gasteiger partial charge in [0, 0.05) is 22.7 Å². The molecule has 0 fully saturated rings. The summed E-state index contributed by atoms with van der Waals surface area (Å²) in [6, 6.07) is 8.84. The van der Waals surface area contributed by atoms with E-state index in [9.17, 15) is 4.79 Å². The molecule has 0 aliphatic carbocycles. The van der Waals surface area contributed by atoms with Gasteiger partial charge in [-0.15, -0.1) is 0 Å². The SMILES string of the molecule is COc1cccc(C(=O)Nc2cc(C(C)(C)C)[nH]n2)c1. The molecule has 0 spiro atoms. The van der Waals surface area contributed by atoms with Crippen molar-refractivity contribution in [1.82, 2.24) is 10.2 Å². The number of ether oxygens (including phenoxy) is 1. The molecule has 0 saturated heterocycles. The molecule has 0 saturated carbocycles. The number of H-pyrrole nitrogens is 1. The molecule has 2 rings (SSSR count). The largest absolute Gasteiger partial charge is 0.497 e. The van der Waals surface area contributed by atoms with Crippen LogP contribution >= 0.6 is 0 Å². The van der Waals surface area contributed by atoms with Crippen LogP contribution in [0.1, 0.15) is 36.8 Å². The molecule has 0 atom stereocenters. The maximum absolute atomic E-state index is 12.1. The van der Waals surface area contributed by atoms with Crippen molar-refractivity contribution in [3.8, 4) is 5.75 Å². The predicted octanol–water partition coefficient (Wildman–Crippen LogP) is 2.97. The molecule has 5 nitrogen and oxygen atoms in total. The van der Waals surface area contributed by atoms with Crippen molar-refractivity contribution in [3.05, 3.63) is 41.6 Å². The maximum Gasteiger partial charge on any atom is 0.256 e. The fraction of sp³-hybridized carbons (Fsp3) is 0.333. The maximum atomic E-state index is 12.1. The van der Waals surface area contributed by atoms with E-state index >= 15 is 0 Å². The molecule has 0 unspecified atom stereocenters. The van der Waals surface area contributed by atoms with Crippen molar-refractivity contribution < 1.29 is 9.53 Å². The molecule has 0 aliphatic rings. The third-order valence-corrected chi connectivity index (χ3v) is 2.96. The van der Waals surface area contributed by atoms with E-state index in [-0.39, 0.29) is 11.3 Å². The smallest absolute Gasteiger partial charge is 0.256 e. The zero-order chi connectivity index (χ0) is 14.8. The van der Waals surface area contributed by atoms with E-state index in [0.29, 0.717) is 17.1 Å². The minimum absolute atomic E-state index is 0.0358. The topological polar surface area (TPSA) is 67.0 Å². The summed E-state index contributed by atoms with van der Waals surface area (Å²) in [7, 11) is 1.57. The Bertz CT molecular complexity index is 612. The average Bonchev–Trinajstić information content (AvgIpc) is 2.87. The summed E-state index contributed by atoms with van der Waals surface area (Å²) >= 11 is 0. The standard InChI is InChI=1S/C15H19N3O2/c1-15(2,3)12-9-13(18-17-12)16-14(19)10-6-5-7-11(8-10)20-4/h5-9H,1-4H3,(H2,16,17,18,19). The summed E-state index contributed by atoms with van der Waals surface area (Å²) < 4.78 is 5.10. The number of amides is 1. The van der Waals surface area contributed by atoms with Crippen LogP contribution in [0.15, 0.2) is 30.3 Å². The van der Waals surface area contributed by atoms with Gasteiger partial charge in [-0.3, -0.25) is 9.89 Å². The molecular weight excluding hydrogens is 254 g/mol. The van der Waals surface area contributed by atoms with Crippen molar-refractivity contribution in [2.75, 3.05) is 12.4 Å². The lowest BCUT2D eigenvalue weighted by Gasteiger charge is -2.14. The molecular formula is C15H19N3O2. The van der Waals surface area contributed by atoms with Gasteiger partial charge < -0.3 is 10.1 Å². The van der Waals surface area contributed by atoms with Crippen LogP contribution in [0.25, 0.3) is 0 Å². The average molecular weight is 273 g/mol. The molecule has 1 aromatic carbocycles. The second kappa shape index (κ2) is 5.36. The quantitative estimate of drug-likeness (QED) is 0.903. The number of nitrogens with zero attached hydrogens (tertiary/aromatic N) is 1. The summed E-state index contributed by atoms with van der Waals surface area (Å²) in [6.07, 6.45) is 0. The predicted molar refractivity (Wildman–Crippen MR) is 78.2 cm³/mol. The third-order valence-electron chi connectivity index (χ3n) is 2.96. The number of anilines is 1. The third kappa shape index (κ3) is 3.17. The molecule has 1 amide bonds. The normalized spacial score (nSPS) is 11.2. The van der Waals surface area contributed by atoms with E-state index in [4.69, 9.17) is 4.74 Å². The van der Waals surface area contributed by atoms with Gasteiger partial charge in [-0.1, -0.05) is 26.8 Å². The number of benzene rings is 1. The molecule has 1 aromatic heterocycles. The van der Waals surface area contributed by atoms with Crippen LogP contribution in [0.5, 0.6) is 5.75 Å². The van der Waals surface area contributed by atoms with E-state index in [2.05, 4.69) is 36.3 Å². The highest BCUT2D eigenvalue weighted by molar-refractivity contribution is 6.04. The van der Waals surface area contributed by atoms with E-state index in [1.54, 1.807) is 31.4 Å². The molecule has 1 heterocycles. The van der Waals surface area contributed by atoms with Gasteiger partial charge in [-0.2, -0.15) is 5.10 Å². The van der Waals surface area contributed by atoms with Gasteiger partial charge in [0.1, 0.15) is 5.75 Å². The van der Waals surface area contributed by atoms with E-state index in [1.165, 1.54) is 0 Å². The number of hydrogen-bond donors (Lipinski definition) is 2. The number of rotatable bonds is 3. The number of nitrogens with one attached hydrogen (secondary N) is 2. The van der Waals surface area contributed by atoms with Gasteiger partial charge in [0.05, 0.1) is 7.11 Å². The van der Waals surface area contributed by atoms with Gasteiger partial charge in [-0.25, -0.2) is 0 Å². The highest BCUT2D eigenvalue weighted by Gasteiger charge is 2.17. The first-order chi connectivity index (χ1) is 9.40. The first kappa shape index (κ1) is 14.1. The van der Waals surface area contributed by atoms with Crippen molar-refractivity contribution >= 4 is 11.7 Å². The fourth-order valence-corrected chi connectivity index (χ4v) is 1.72. The van der Waals surface area contributed by atoms with Crippen molar-refractivity contribution in [2.45, 2.75) is 26.2 Å². The fourth-order valence-electron chi connectivity index (χ4n) is 1.72. The lowest BCUT2D eigenvalue weighted by Crippen LogP contribution is -2.12. The number of aromatic nitrogens is 2. The first-order valence-electron chi connectivity index (χ1n) is 6.41. The Balaban J connectivity index is 2.13. The minimum atomic E-state index is -0.212. The summed E-state index contributed by atoms with van der Waals surface area (Å²) in [5.41, 5.74) is 1.47. The van der Waals surface area contributed by atoms with Crippen LogP contribution < -0.4 is 10.1 Å². The lowest BCUT2D eigenvalue weighted by molar-refractivity contribution is 0.102. The zero-order valence-electron chi connectivity index (χ0n) is 12.2. The van der Waals surface area contributed by atoms with Gasteiger partial charge in [0.25, 0.3) is 5.91 Å². The van der Waals surface area contributed by atoms with Crippen LogP contribution in [-0.4, -0.2) is 23.2 Å². The van der Waals surface area contributed by atoms with Gasteiger partial charge in [0.2, 0.25) is 0 Å². The number of hydrogen-bond acceptors (Lipinski definition) is 3. The van der Waals surface area contributed by atoms with Crippen LogP contribution in [0.4, 0.5) is 5.82 Å². The minimum Gasteiger partial charge on any atom is -0.497 e. The van der Waals surface area contributed by atoms with Crippen molar-refractivity contribution in [2.24, 2.45) is 0 Å². The van der Waals surface area contributed by atoms with Crippen LogP contribution in [0.3, 0.4) is 0 Å². The Kier molecular flexibility index (Phi) is 3.79. The monoisotopic (exact) mass is 273 g/mol. The van der Waals surface area contributed by atoms with Gasteiger partial charge in [0.15, 0.2) is 5.82 Å². The molecule has 2 aromatic rings. The van der Waals surface area contributed by atoms with Gasteiger partial charge >= 0.3 is 0 Å². The van der Waals surface area contributed by atoms with Gasteiger partial charge in [-0.05, 0) is 18.2 Å². The number of carbonyl (C=O) groups excluding carboxylic acids is 1. The summed E-state index contributed by atoms with van der Waals surface area (Å²) in [4.78, 5) is 12.1. The van der Waals surface area contributed by atoms with E-state index in [0.717, 1.165) is 5.69 Å². The molecule has 0 radical (unpaired) electrons.